The second-order valence-corrected chi connectivity index (χ2v) is 7.71. The van der Waals surface area contributed by atoms with Crippen molar-refractivity contribution in [3.8, 4) is 11.3 Å². The number of carbonyl (C=O) groups is 1. The van der Waals surface area contributed by atoms with Crippen LogP contribution in [0.4, 0.5) is 0 Å². The number of pyridine rings is 1. The maximum absolute atomic E-state index is 13.0. The summed E-state index contributed by atoms with van der Waals surface area (Å²) in [5.74, 6) is -0.346. The molecule has 1 saturated carbocycles. The first-order valence-electron chi connectivity index (χ1n) is 10.00. The number of amides is 1. The highest BCUT2D eigenvalue weighted by Crippen LogP contribution is 2.31. The summed E-state index contributed by atoms with van der Waals surface area (Å²) in [6.07, 6.45) is 7.12. The molecule has 1 fully saturated rings. The number of aliphatic hydroxyl groups excluding tert-OH is 1. The summed E-state index contributed by atoms with van der Waals surface area (Å²) in [6, 6.07) is 11.4. The van der Waals surface area contributed by atoms with E-state index in [0.717, 1.165) is 29.4 Å². The number of hydrogen-bond donors (Lipinski definition) is 2. The van der Waals surface area contributed by atoms with E-state index in [-0.39, 0.29) is 18.1 Å². The molecular weight excluding hydrogens is 380 g/mol. The summed E-state index contributed by atoms with van der Waals surface area (Å²) in [6.45, 7) is 0. The van der Waals surface area contributed by atoms with E-state index >= 15 is 0 Å². The van der Waals surface area contributed by atoms with E-state index in [2.05, 4.69) is 20.1 Å². The predicted octanol–water partition coefficient (Wildman–Crippen LogP) is 2.59. The summed E-state index contributed by atoms with van der Waals surface area (Å²) in [5, 5.41) is 14.2. The first-order valence-corrected chi connectivity index (χ1v) is 10.00. The summed E-state index contributed by atoms with van der Waals surface area (Å²) >= 11 is 0. The molecule has 2 atom stereocenters. The van der Waals surface area contributed by atoms with Crippen LogP contribution < -0.4 is 5.62 Å². The van der Waals surface area contributed by atoms with Crippen molar-refractivity contribution in [3.05, 3.63) is 66.2 Å². The average Bonchev–Trinajstić information content (AvgIpc) is 3.46. The van der Waals surface area contributed by atoms with E-state index in [1.807, 2.05) is 42.1 Å². The van der Waals surface area contributed by atoms with Gasteiger partial charge in [-0.1, -0.05) is 12.1 Å². The van der Waals surface area contributed by atoms with Gasteiger partial charge in [-0.25, -0.2) is 0 Å². The van der Waals surface area contributed by atoms with Gasteiger partial charge in [0.15, 0.2) is 0 Å². The summed E-state index contributed by atoms with van der Waals surface area (Å²) < 4.78 is 3.74. The molecular formula is C22H22N6O2. The lowest BCUT2D eigenvalue weighted by atomic mass is 10.1. The molecule has 1 amide bonds. The van der Waals surface area contributed by atoms with Gasteiger partial charge < -0.3 is 14.7 Å². The fraction of sp³-hybridized carbons (Fsp3) is 0.273. The predicted molar refractivity (Wildman–Crippen MR) is 112 cm³/mol. The van der Waals surface area contributed by atoms with Gasteiger partial charge in [0, 0.05) is 36.6 Å². The third-order valence-corrected chi connectivity index (χ3v) is 5.60. The maximum Gasteiger partial charge on any atom is 0.280 e. The number of carbonyl (C=O) groups excluding carboxylic acids is 1. The van der Waals surface area contributed by atoms with Crippen LogP contribution >= 0.6 is 0 Å². The van der Waals surface area contributed by atoms with E-state index in [4.69, 9.17) is 0 Å². The Morgan fingerprint density at radius 2 is 2.13 bits per heavy atom. The Labute approximate surface area is 172 Å². The van der Waals surface area contributed by atoms with Crippen LogP contribution in [0, 0.1) is 0 Å². The number of benzene rings is 1. The number of aliphatic hydroxyl groups is 1. The number of rotatable bonds is 3. The van der Waals surface area contributed by atoms with Crippen LogP contribution in [0.1, 0.15) is 35.7 Å². The van der Waals surface area contributed by atoms with Gasteiger partial charge in [-0.3, -0.25) is 14.5 Å². The van der Waals surface area contributed by atoms with Crippen molar-refractivity contribution in [2.24, 2.45) is 12.0 Å². The van der Waals surface area contributed by atoms with Gasteiger partial charge in [0.1, 0.15) is 0 Å². The molecule has 30 heavy (non-hydrogen) atoms. The lowest BCUT2D eigenvalue weighted by molar-refractivity contribution is 0.0996. The Bertz CT molecular complexity index is 1300. The summed E-state index contributed by atoms with van der Waals surface area (Å²) in [4.78, 5) is 25.0. The number of aryl methyl sites for hydroxylation is 1. The topological polar surface area (TPSA) is 101 Å². The quantitative estimate of drug-likeness (QED) is 0.550. The molecule has 8 nitrogen and oxygen atoms in total. The Hall–Kier alpha value is -3.52. The number of nitrogens with zero attached hydrogens (tertiary/aromatic N) is 5. The normalized spacial score (nSPS) is 19.6. The molecule has 4 aromatic rings. The van der Waals surface area contributed by atoms with E-state index < -0.39 is 0 Å². The SMILES string of the molecule is Cn1cc(-c2cc(C(=O)/N=c3\[nH]c4ccccc4n3[C@H]3CC[C@@H](O)C3)ccn2)cn1. The molecule has 1 aliphatic carbocycles. The average molecular weight is 402 g/mol. The van der Waals surface area contributed by atoms with Crippen molar-refractivity contribution in [1.29, 1.82) is 0 Å². The Morgan fingerprint density at radius 1 is 1.27 bits per heavy atom. The third kappa shape index (κ3) is 3.35. The zero-order valence-electron chi connectivity index (χ0n) is 16.6. The Kier molecular flexibility index (Phi) is 4.55. The van der Waals surface area contributed by atoms with Crippen molar-refractivity contribution in [3.63, 3.8) is 0 Å². The molecule has 0 bridgehead atoms. The molecule has 0 saturated heterocycles. The lowest BCUT2D eigenvalue weighted by Gasteiger charge is -2.13. The molecule has 1 aliphatic rings. The van der Waals surface area contributed by atoms with E-state index in [1.54, 1.807) is 29.2 Å². The summed E-state index contributed by atoms with van der Waals surface area (Å²) in [5.41, 5.74) is 4.37. The van der Waals surface area contributed by atoms with Gasteiger partial charge in [0.2, 0.25) is 5.62 Å². The van der Waals surface area contributed by atoms with Gasteiger partial charge in [-0.05, 0) is 43.5 Å². The van der Waals surface area contributed by atoms with Crippen LogP contribution in [0.2, 0.25) is 0 Å². The van der Waals surface area contributed by atoms with Gasteiger partial charge in [-0.15, -0.1) is 0 Å². The second kappa shape index (κ2) is 7.38. The molecule has 0 unspecified atom stereocenters. The fourth-order valence-corrected chi connectivity index (χ4v) is 4.14. The molecule has 5 rings (SSSR count). The first-order chi connectivity index (χ1) is 14.6. The molecule has 0 spiro atoms. The number of aromatic amines is 1. The van der Waals surface area contributed by atoms with Crippen molar-refractivity contribution in [1.82, 2.24) is 24.3 Å². The van der Waals surface area contributed by atoms with Crippen LogP contribution in [-0.4, -0.2) is 41.4 Å². The van der Waals surface area contributed by atoms with E-state index in [1.165, 1.54) is 0 Å². The number of nitrogens with one attached hydrogen (secondary N) is 1. The maximum atomic E-state index is 13.0. The standard InChI is InChI=1S/C22H22N6O2/c1-27-13-15(12-24-27)19-10-14(8-9-23-19)21(30)26-22-25-18-4-2-3-5-20(18)28(22)16-6-7-17(29)11-16/h2-5,8-10,12-13,16-17,29H,6-7,11H2,1H3,(H,25,26,30)/t16-,17+/m0/s1. The fourth-order valence-electron chi connectivity index (χ4n) is 4.14. The molecule has 1 aromatic carbocycles. The zero-order valence-corrected chi connectivity index (χ0v) is 16.6. The van der Waals surface area contributed by atoms with Gasteiger partial charge in [0.25, 0.3) is 5.91 Å². The minimum Gasteiger partial charge on any atom is -0.393 e. The van der Waals surface area contributed by atoms with Gasteiger partial charge in [-0.2, -0.15) is 10.1 Å². The molecule has 2 N–H and O–H groups in total. The minimum absolute atomic E-state index is 0.103. The first kappa shape index (κ1) is 18.5. The molecule has 3 heterocycles. The number of H-pyrrole nitrogens is 1. The largest absolute Gasteiger partial charge is 0.393 e. The van der Waals surface area contributed by atoms with Crippen LogP contribution in [-0.2, 0) is 7.05 Å². The van der Waals surface area contributed by atoms with Crippen LogP contribution in [0.5, 0.6) is 0 Å². The summed E-state index contributed by atoms with van der Waals surface area (Å²) in [7, 11) is 1.84. The minimum atomic E-state index is -0.346. The zero-order chi connectivity index (χ0) is 20.7. The highest BCUT2D eigenvalue weighted by atomic mass is 16.3. The number of fused-ring (bicyclic) bond motifs is 1. The second-order valence-electron chi connectivity index (χ2n) is 7.71. The molecule has 8 heteroatoms. The van der Waals surface area contributed by atoms with Crippen LogP contribution in [0.15, 0.2) is 60.0 Å². The van der Waals surface area contributed by atoms with Gasteiger partial charge in [0.05, 0.1) is 29.0 Å². The van der Waals surface area contributed by atoms with E-state index in [0.29, 0.717) is 23.3 Å². The lowest BCUT2D eigenvalue weighted by Crippen LogP contribution is -2.24. The van der Waals surface area contributed by atoms with Crippen LogP contribution in [0.25, 0.3) is 22.3 Å². The number of para-hydroxylation sites is 2. The number of hydrogen-bond acceptors (Lipinski definition) is 4. The molecule has 3 aromatic heterocycles. The van der Waals surface area contributed by atoms with Crippen molar-refractivity contribution in [2.45, 2.75) is 31.4 Å². The van der Waals surface area contributed by atoms with Gasteiger partial charge >= 0.3 is 0 Å². The van der Waals surface area contributed by atoms with Crippen LogP contribution in [0.3, 0.4) is 0 Å². The molecule has 0 aliphatic heterocycles. The third-order valence-electron chi connectivity index (χ3n) is 5.60. The molecule has 0 radical (unpaired) electrons. The van der Waals surface area contributed by atoms with Crippen molar-refractivity contribution >= 4 is 16.9 Å². The van der Waals surface area contributed by atoms with Crippen molar-refractivity contribution < 1.29 is 9.90 Å². The number of imidazole rings is 1. The smallest absolute Gasteiger partial charge is 0.280 e. The Morgan fingerprint density at radius 3 is 2.90 bits per heavy atom. The van der Waals surface area contributed by atoms with E-state index in [9.17, 15) is 9.90 Å². The van der Waals surface area contributed by atoms with Crippen molar-refractivity contribution in [2.75, 3.05) is 0 Å². The Balaban J connectivity index is 1.57. The highest BCUT2D eigenvalue weighted by Gasteiger charge is 2.26. The monoisotopic (exact) mass is 402 g/mol. The highest BCUT2D eigenvalue weighted by molar-refractivity contribution is 5.95. The molecule has 152 valence electrons. The number of aromatic nitrogens is 5.